The lowest BCUT2D eigenvalue weighted by atomic mass is 10.0. The number of H-pyrrole nitrogens is 1. The Hall–Kier alpha value is -2.47. The predicted molar refractivity (Wildman–Crippen MR) is 87.3 cm³/mol. The van der Waals surface area contributed by atoms with Gasteiger partial charge in [0.15, 0.2) is 4.67 Å². The van der Waals surface area contributed by atoms with Crippen LogP contribution in [0, 0.1) is 6.92 Å². The van der Waals surface area contributed by atoms with Crippen LogP contribution in [0.15, 0.2) is 51.9 Å². The number of nitrogens with one attached hydrogen (secondary N) is 1. The molecule has 1 aromatic carbocycles. The average molecular weight is 355 g/mol. The molecule has 0 radical (unpaired) electrons. The van der Waals surface area contributed by atoms with Crippen molar-refractivity contribution in [1.82, 2.24) is 20.2 Å². The van der Waals surface area contributed by atoms with E-state index in [0.717, 1.165) is 27.9 Å². The molecule has 0 unspecified atom stereocenters. The van der Waals surface area contributed by atoms with Crippen molar-refractivity contribution in [3.63, 3.8) is 0 Å². The summed E-state index contributed by atoms with van der Waals surface area (Å²) in [6, 6.07) is 10.1. The molecule has 0 spiro atoms. The number of furan rings is 1. The van der Waals surface area contributed by atoms with E-state index >= 15 is 0 Å². The Morgan fingerprint density at radius 3 is 2.73 bits per heavy atom. The first-order chi connectivity index (χ1) is 10.7. The summed E-state index contributed by atoms with van der Waals surface area (Å²) < 4.78 is 6.13. The van der Waals surface area contributed by atoms with Crippen molar-refractivity contribution in [2.75, 3.05) is 0 Å². The van der Waals surface area contributed by atoms with E-state index in [9.17, 15) is 0 Å². The first kappa shape index (κ1) is 13.2. The predicted octanol–water partition coefficient (Wildman–Crippen LogP) is 4.35. The molecule has 3 aromatic heterocycles. The lowest BCUT2D eigenvalue weighted by Crippen LogP contribution is -1.88. The largest absolute Gasteiger partial charge is 0.431 e. The summed E-state index contributed by atoms with van der Waals surface area (Å²) in [5.74, 6) is 0. The van der Waals surface area contributed by atoms with Crippen LogP contribution in [0.25, 0.3) is 33.6 Å². The highest BCUT2D eigenvalue weighted by atomic mass is 79.9. The second-order valence-corrected chi connectivity index (χ2v) is 5.79. The molecular formula is C16H11BrN4O. The highest BCUT2D eigenvalue weighted by Gasteiger charge is 2.16. The molecule has 0 amide bonds. The molecule has 0 atom stereocenters. The van der Waals surface area contributed by atoms with Gasteiger partial charge >= 0.3 is 0 Å². The molecule has 0 bridgehead atoms. The topological polar surface area (TPSA) is 67.6 Å². The number of nitrogens with zero attached hydrogens (tertiary/aromatic N) is 3. The molecule has 0 aliphatic heterocycles. The van der Waals surface area contributed by atoms with E-state index in [1.165, 1.54) is 11.9 Å². The van der Waals surface area contributed by atoms with E-state index in [-0.39, 0.29) is 0 Å². The standard InChI is InChI=1S/C16H11BrN4O/c1-9-2-4-10(5-3-9)14-12(7-20-21-14)15-11-6-13(17)22-16(11)19-8-18-15/h2-8H,1H3,(H,20,21). The highest BCUT2D eigenvalue weighted by molar-refractivity contribution is 9.10. The Morgan fingerprint density at radius 2 is 1.91 bits per heavy atom. The third kappa shape index (κ3) is 2.12. The Morgan fingerprint density at radius 1 is 1.09 bits per heavy atom. The van der Waals surface area contributed by atoms with Gasteiger partial charge in [-0.2, -0.15) is 5.10 Å². The first-order valence-electron chi connectivity index (χ1n) is 6.73. The lowest BCUT2D eigenvalue weighted by Gasteiger charge is -2.03. The third-order valence-electron chi connectivity index (χ3n) is 3.52. The fraction of sp³-hybridized carbons (Fsp3) is 0.0625. The van der Waals surface area contributed by atoms with Gasteiger partial charge in [-0.3, -0.25) is 5.10 Å². The fourth-order valence-electron chi connectivity index (χ4n) is 2.44. The normalized spacial score (nSPS) is 11.2. The fourth-order valence-corrected chi connectivity index (χ4v) is 2.82. The summed E-state index contributed by atoms with van der Waals surface area (Å²) >= 11 is 3.34. The first-order valence-corrected chi connectivity index (χ1v) is 7.53. The zero-order valence-electron chi connectivity index (χ0n) is 11.7. The Balaban J connectivity index is 1.93. The molecule has 108 valence electrons. The van der Waals surface area contributed by atoms with E-state index < -0.39 is 0 Å². The number of hydrogen-bond donors (Lipinski definition) is 1. The van der Waals surface area contributed by atoms with Crippen LogP contribution in [0.3, 0.4) is 0 Å². The van der Waals surface area contributed by atoms with Gasteiger partial charge in [0, 0.05) is 23.4 Å². The highest BCUT2D eigenvalue weighted by Crippen LogP contribution is 2.34. The van der Waals surface area contributed by atoms with Crippen molar-refractivity contribution in [1.29, 1.82) is 0 Å². The molecule has 0 aliphatic carbocycles. The average Bonchev–Trinajstić information content (AvgIpc) is 3.12. The second kappa shape index (κ2) is 5.06. The van der Waals surface area contributed by atoms with Crippen molar-refractivity contribution >= 4 is 27.0 Å². The van der Waals surface area contributed by atoms with Gasteiger partial charge in [0.1, 0.15) is 12.0 Å². The van der Waals surface area contributed by atoms with Crippen LogP contribution >= 0.6 is 15.9 Å². The Labute approximate surface area is 134 Å². The van der Waals surface area contributed by atoms with Gasteiger partial charge in [-0.05, 0) is 22.9 Å². The molecule has 0 fully saturated rings. The van der Waals surface area contributed by atoms with Crippen LogP contribution in [-0.2, 0) is 0 Å². The van der Waals surface area contributed by atoms with Crippen molar-refractivity contribution in [2.45, 2.75) is 6.92 Å². The second-order valence-electron chi connectivity index (χ2n) is 5.01. The molecule has 6 heteroatoms. The summed E-state index contributed by atoms with van der Waals surface area (Å²) in [5, 5.41) is 8.16. The maximum atomic E-state index is 5.50. The van der Waals surface area contributed by atoms with Crippen LogP contribution in [0.2, 0.25) is 0 Å². The number of fused-ring (bicyclic) bond motifs is 1. The van der Waals surface area contributed by atoms with E-state index in [2.05, 4.69) is 67.3 Å². The third-order valence-corrected chi connectivity index (χ3v) is 3.91. The van der Waals surface area contributed by atoms with Gasteiger partial charge in [-0.1, -0.05) is 29.8 Å². The zero-order valence-corrected chi connectivity index (χ0v) is 13.3. The number of rotatable bonds is 2. The molecule has 4 aromatic rings. The molecule has 22 heavy (non-hydrogen) atoms. The maximum absolute atomic E-state index is 5.50. The van der Waals surface area contributed by atoms with Crippen molar-refractivity contribution in [2.24, 2.45) is 0 Å². The van der Waals surface area contributed by atoms with Crippen LogP contribution in [-0.4, -0.2) is 20.2 Å². The minimum Gasteiger partial charge on any atom is -0.431 e. The van der Waals surface area contributed by atoms with E-state index in [4.69, 9.17) is 4.42 Å². The number of halogens is 1. The zero-order chi connectivity index (χ0) is 15.1. The Bertz CT molecular complexity index is 956. The van der Waals surface area contributed by atoms with Gasteiger partial charge in [0.25, 0.3) is 0 Å². The monoisotopic (exact) mass is 354 g/mol. The van der Waals surface area contributed by atoms with Gasteiger partial charge in [-0.25, -0.2) is 9.97 Å². The quantitative estimate of drug-likeness (QED) is 0.580. The number of aryl methyl sites for hydroxylation is 1. The van der Waals surface area contributed by atoms with Crippen LogP contribution < -0.4 is 0 Å². The molecule has 0 saturated heterocycles. The maximum Gasteiger partial charge on any atom is 0.231 e. The molecule has 0 aliphatic rings. The number of aromatic nitrogens is 4. The summed E-state index contributed by atoms with van der Waals surface area (Å²) in [6.45, 7) is 2.06. The van der Waals surface area contributed by atoms with Crippen molar-refractivity contribution < 1.29 is 4.42 Å². The number of aromatic amines is 1. The van der Waals surface area contributed by atoms with Crippen LogP contribution in [0.4, 0.5) is 0 Å². The SMILES string of the molecule is Cc1ccc(-c2n[nH]cc2-c2ncnc3oc(Br)cc23)cc1. The van der Waals surface area contributed by atoms with Crippen molar-refractivity contribution in [3.8, 4) is 22.5 Å². The van der Waals surface area contributed by atoms with Crippen LogP contribution in [0.1, 0.15) is 5.56 Å². The van der Waals surface area contributed by atoms with Gasteiger partial charge in [0.05, 0.1) is 11.1 Å². The summed E-state index contributed by atoms with van der Waals surface area (Å²) in [4.78, 5) is 8.56. The van der Waals surface area contributed by atoms with E-state index in [1.54, 1.807) is 0 Å². The summed E-state index contributed by atoms with van der Waals surface area (Å²) in [6.07, 6.45) is 3.34. The molecule has 4 rings (SSSR count). The lowest BCUT2D eigenvalue weighted by molar-refractivity contribution is 0.575. The minimum absolute atomic E-state index is 0.549. The molecule has 5 nitrogen and oxygen atoms in total. The van der Waals surface area contributed by atoms with Crippen LogP contribution in [0.5, 0.6) is 0 Å². The molecule has 0 saturated carbocycles. The summed E-state index contributed by atoms with van der Waals surface area (Å²) in [5.41, 5.74) is 5.37. The van der Waals surface area contributed by atoms with Gasteiger partial charge < -0.3 is 4.42 Å². The minimum atomic E-state index is 0.549. The van der Waals surface area contributed by atoms with Crippen molar-refractivity contribution in [3.05, 3.63) is 53.1 Å². The number of benzene rings is 1. The number of hydrogen-bond acceptors (Lipinski definition) is 4. The summed E-state index contributed by atoms with van der Waals surface area (Å²) in [7, 11) is 0. The van der Waals surface area contributed by atoms with Gasteiger partial charge in [0.2, 0.25) is 5.71 Å². The van der Waals surface area contributed by atoms with Gasteiger partial charge in [-0.15, -0.1) is 0 Å². The van der Waals surface area contributed by atoms with E-state index in [1.807, 2.05) is 12.3 Å². The smallest absolute Gasteiger partial charge is 0.231 e. The Kier molecular flexibility index (Phi) is 3.04. The van der Waals surface area contributed by atoms with E-state index in [0.29, 0.717) is 10.4 Å². The molecule has 3 heterocycles. The molecular weight excluding hydrogens is 344 g/mol. The molecule has 1 N–H and O–H groups in total.